The summed E-state index contributed by atoms with van der Waals surface area (Å²) in [6.45, 7) is 0. The Kier molecular flexibility index (Phi) is 5.44. The largest absolute Gasteiger partial charge is 0.474 e. The van der Waals surface area contributed by atoms with Crippen molar-refractivity contribution in [2.45, 2.75) is 44.2 Å². The highest BCUT2D eigenvalue weighted by atomic mass is 35.5. The van der Waals surface area contributed by atoms with Crippen molar-refractivity contribution in [1.82, 2.24) is 5.32 Å². The minimum atomic E-state index is -0.477. The van der Waals surface area contributed by atoms with Gasteiger partial charge in [0.25, 0.3) is 5.91 Å². The highest BCUT2D eigenvalue weighted by molar-refractivity contribution is 6.30. The van der Waals surface area contributed by atoms with Crippen molar-refractivity contribution in [1.29, 1.82) is 0 Å². The number of nitrogens with one attached hydrogen (secondary N) is 1. The van der Waals surface area contributed by atoms with Crippen molar-refractivity contribution in [3.63, 3.8) is 0 Å². The van der Waals surface area contributed by atoms with E-state index >= 15 is 0 Å². The number of carbonyl (C=O) groups is 2. The lowest BCUT2D eigenvalue weighted by molar-refractivity contribution is -0.119. The summed E-state index contributed by atoms with van der Waals surface area (Å²) in [4.78, 5) is 29.0. The molecule has 2 aliphatic carbocycles. The summed E-state index contributed by atoms with van der Waals surface area (Å²) in [5.74, 6) is -0.439. The summed E-state index contributed by atoms with van der Waals surface area (Å²) in [6.07, 6.45) is 11.8. The number of benzene rings is 1. The van der Waals surface area contributed by atoms with Gasteiger partial charge in [0.05, 0.1) is 5.71 Å². The molecule has 0 aromatic heterocycles. The van der Waals surface area contributed by atoms with Crippen LogP contribution in [0.15, 0.2) is 58.8 Å². The van der Waals surface area contributed by atoms with Crippen molar-refractivity contribution in [3.8, 4) is 0 Å². The summed E-state index contributed by atoms with van der Waals surface area (Å²) < 4.78 is 5.80. The lowest BCUT2D eigenvalue weighted by Crippen LogP contribution is -2.38. The molecule has 1 aliphatic heterocycles. The number of ether oxygens (including phenoxy) is 1. The van der Waals surface area contributed by atoms with E-state index in [4.69, 9.17) is 16.3 Å². The standard InChI is InChI=1S/C22H21ClN2O3/c23-16-6-4-5-14(11-16)12-20-22(27)25-18-13-15(9-10-19(18)28-20)21(26)24-17-7-2-1-3-8-17/h4-6,9-13,17,19H,1-3,7-8H2,(H,24,26)/b20-12-. The summed E-state index contributed by atoms with van der Waals surface area (Å²) in [5.41, 5.74) is 1.71. The first-order valence-electron chi connectivity index (χ1n) is 9.56. The normalized spacial score (nSPS) is 23.5. The van der Waals surface area contributed by atoms with E-state index in [2.05, 4.69) is 10.3 Å². The number of carbonyl (C=O) groups excluding carboxylic acids is 2. The SMILES string of the molecule is O=C(NC1CCCCC1)C1=CC2=NC(=O)/C(=C/c3cccc(Cl)c3)OC2C=C1. The Morgan fingerprint density at radius 3 is 2.86 bits per heavy atom. The van der Waals surface area contributed by atoms with Gasteiger partial charge in [0.1, 0.15) is 0 Å². The Bertz CT molecular complexity index is 923. The van der Waals surface area contributed by atoms with Gasteiger partial charge in [-0.05, 0) is 54.8 Å². The molecule has 144 valence electrons. The Morgan fingerprint density at radius 2 is 2.07 bits per heavy atom. The smallest absolute Gasteiger partial charge is 0.312 e. The van der Waals surface area contributed by atoms with E-state index < -0.39 is 12.0 Å². The van der Waals surface area contributed by atoms with Gasteiger partial charge in [-0.25, -0.2) is 4.99 Å². The van der Waals surface area contributed by atoms with E-state index in [0.29, 0.717) is 16.3 Å². The van der Waals surface area contributed by atoms with Crippen molar-refractivity contribution in [3.05, 3.63) is 64.4 Å². The molecule has 0 bridgehead atoms. The van der Waals surface area contributed by atoms with Gasteiger partial charge in [0.15, 0.2) is 11.9 Å². The maximum atomic E-state index is 12.5. The molecule has 1 atom stereocenters. The monoisotopic (exact) mass is 396 g/mol. The van der Waals surface area contributed by atoms with Crippen molar-refractivity contribution in [2.75, 3.05) is 0 Å². The predicted octanol–water partition coefficient (Wildman–Crippen LogP) is 3.99. The summed E-state index contributed by atoms with van der Waals surface area (Å²) in [6, 6.07) is 7.37. The van der Waals surface area contributed by atoms with E-state index in [9.17, 15) is 9.59 Å². The molecule has 0 radical (unpaired) electrons. The molecule has 0 saturated heterocycles. The average Bonchev–Trinajstić information content (AvgIpc) is 2.69. The van der Waals surface area contributed by atoms with Gasteiger partial charge < -0.3 is 10.1 Å². The third-order valence-electron chi connectivity index (χ3n) is 5.09. The lowest BCUT2D eigenvalue weighted by Gasteiger charge is -2.26. The summed E-state index contributed by atoms with van der Waals surface area (Å²) >= 11 is 5.99. The fraction of sp³-hybridized carbons (Fsp3) is 0.318. The third kappa shape index (κ3) is 4.25. The second kappa shape index (κ2) is 8.15. The van der Waals surface area contributed by atoms with Crippen LogP contribution in [0.4, 0.5) is 0 Å². The Balaban J connectivity index is 1.49. The molecule has 2 amide bonds. The van der Waals surface area contributed by atoms with E-state index in [0.717, 1.165) is 31.2 Å². The first-order chi connectivity index (χ1) is 13.6. The lowest BCUT2D eigenvalue weighted by atomic mass is 9.94. The molecule has 28 heavy (non-hydrogen) atoms. The van der Waals surface area contributed by atoms with Crippen molar-refractivity contribution >= 4 is 35.2 Å². The van der Waals surface area contributed by atoms with Crippen molar-refractivity contribution in [2.24, 2.45) is 4.99 Å². The number of fused-ring (bicyclic) bond motifs is 1. The minimum Gasteiger partial charge on any atom is -0.474 e. The van der Waals surface area contributed by atoms with E-state index in [1.807, 2.05) is 6.07 Å². The highest BCUT2D eigenvalue weighted by Crippen LogP contribution is 2.24. The molecule has 4 rings (SSSR count). The van der Waals surface area contributed by atoms with E-state index in [1.54, 1.807) is 42.5 Å². The Morgan fingerprint density at radius 1 is 1.25 bits per heavy atom. The quantitative estimate of drug-likeness (QED) is 0.785. The number of hydrogen-bond acceptors (Lipinski definition) is 3. The third-order valence-corrected chi connectivity index (χ3v) is 5.32. The zero-order chi connectivity index (χ0) is 19.5. The van der Waals surface area contributed by atoms with Crippen LogP contribution in [0.25, 0.3) is 6.08 Å². The van der Waals surface area contributed by atoms with E-state index in [-0.39, 0.29) is 17.7 Å². The Labute approximate surface area is 168 Å². The first-order valence-corrected chi connectivity index (χ1v) is 9.94. The van der Waals surface area contributed by atoms with Crippen LogP contribution in [0.1, 0.15) is 37.7 Å². The van der Waals surface area contributed by atoms with Gasteiger partial charge in [-0.15, -0.1) is 0 Å². The van der Waals surface area contributed by atoms with Gasteiger partial charge in [-0.1, -0.05) is 43.0 Å². The number of nitrogens with zero attached hydrogens (tertiary/aromatic N) is 1. The fourth-order valence-corrected chi connectivity index (χ4v) is 3.83. The van der Waals surface area contributed by atoms with E-state index in [1.165, 1.54) is 6.42 Å². The molecular formula is C22H21ClN2O3. The van der Waals surface area contributed by atoms with Crippen LogP contribution in [-0.4, -0.2) is 29.7 Å². The van der Waals surface area contributed by atoms with Crippen LogP contribution in [0.3, 0.4) is 0 Å². The number of aliphatic imine (C=N–C) groups is 1. The molecule has 1 aromatic rings. The molecule has 1 unspecified atom stereocenters. The van der Waals surface area contributed by atoms with Crippen LogP contribution >= 0.6 is 11.6 Å². The molecule has 0 spiro atoms. The van der Waals surface area contributed by atoms with Crippen LogP contribution in [-0.2, 0) is 14.3 Å². The fourth-order valence-electron chi connectivity index (χ4n) is 3.63. The maximum absolute atomic E-state index is 12.5. The van der Waals surface area contributed by atoms with Crippen molar-refractivity contribution < 1.29 is 14.3 Å². The first kappa shape index (κ1) is 18.7. The molecule has 3 aliphatic rings. The number of halogens is 1. The summed E-state index contributed by atoms with van der Waals surface area (Å²) in [7, 11) is 0. The average molecular weight is 397 g/mol. The number of amides is 2. The summed E-state index contributed by atoms with van der Waals surface area (Å²) in [5, 5.41) is 3.66. The highest BCUT2D eigenvalue weighted by Gasteiger charge is 2.29. The van der Waals surface area contributed by atoms with Gasteiger partial charge in [-0.3, -0.25) is 9.59 Å². The van der Waals surface area contributed by atoms with Gasteiger partial charge >= 0.3 is 5.91 Å². The van der Waals surface area contributed by atoms with Gasteiger partial charge in [0, 0.05) is 16.6 Å². The second-order valence-corrected chi connectivity index (χ2v) is 7.65. The minimum absolute atomic E-state index is 0.128. The molecule has 1 heterocycles. The number of hydrogen-bond donors (Lipinski definition) is 1. The Hall–Kier alpha value is -2.66. The van der Waals surface area contributed by atoms with Gasteiger partial charge in [-0.2, -0.15) is 0 Å². The van der Waals surface area contributed by atoms with Crippen LogP contribution < -0.4 is 5.32 Å². The molecular weight excluding hydrogens is 376 g/mol. The molecule has 6 heteroatoms. The zero-order valence-corrected chi connectivity index (χ0v) is 16.1. The van der Waals surface area contributed by atoms with Crippen LogP contribution in [0.5, 0.6) is 0 Å². The molecule has 1 fully saturated rings. The molecule has 1 N–H and O–H groups in total. The van der Waals surface area contributed by atoms with Crippen LogP contribution in [0, 0.1) is 0 Å². The maximum Gasteiger partial charge on any atom is 0.312 e. The van der Waals surface area contributed by atoms with Crippen LogP contribution in [0.2, 0.25) is 5.02 Å². The van der Waals surface area contributed by atoms with Gasteiger partial charge in [0.2, 0.25) is 0 Å². The second-order valence-electron chi connectivity index (χ2n) is 7.21. The molecule has 5 nitrogen and oxygen atoms in total. The molecule has 1 aromatic carbocycles. The predicted molar refractivity (Wildman–Crippen MR) is 109 cm³/mol. The number of rotatable bonds is 3. The molecule has 1 saturated carbocycles. The topological polar surface area (TPSA) is 67.8 Å². The zero-order valence-electron chi connectivity index (χ0n) is 15.4.